The minimum Gasteiger partial charge on any atom is -0.317 e. The van der Waals surface area contributed by atoms with Crippen molar-refractivity contribution < 1.29 is 0 Å². The minimum absolute atomic E-state index is 0.816. The van der Waals surface area contributed by atoms with E-state index in [1.807, 2.05) is 0 Å². The first-order valence-electron chi connectivity index (χ1n) is 11.4. The largest absolute Gasteiger partial charge is 0.317 e. The molecule has 0 heterocycles. The van der Waals surface area contributed by atoms with Crippen molar-refractivity contribution in [2.45, 2.75) is 103 Å². The lowest BCUT2D eigenvalue weighted by Crippen LogP contribution is -2.45. The van der Waals surface area contributed by atoms with Gasteiger partial charge in [-0.2, -0.15) is 11.8 Å². The molecule has 0 saturated heterocycles. The molecule has 0 aromatic rings. The highest BCUT2D eigenvalue weighted by Gasteiger charge is 2.45. The summed E-state index contributed by atoms with van der Waals surface area (Å²) in [6.07, 6.45) is 14.4. The lowest BCUT2D eigenvalue weighted by molar-refractivity contribution is 0.00977. The lowest BCUT2D eigenvalue weighted by atomic mass is 9.57. The molecule has 25 heavy (non-hydrogen) atoms. The summed E-state index contributed by atoms with van der Waals surface area (Å²) in [6.45, 7) is 9.73. The second-order valence-electron chi connectivity index (χ2n) is 9.20. The molecule has 0 spiro atoms. The Bertz CT molecular complexity index is 358. The highest BCUT2D eigenvalue weighted by Crippen LogP contribution is 2.52. The Labute approximate surface area is 162 Å². The van der Waals surface area contributed by atoms with Gasteiger partial charge >= 0.3 is 0 Å². The predicted octanol–water partition coefficient (Wildman–Crippen LogP) is 6.77. The number of thioether (sulfide) groups is 1. The zero-order valence-electron chi connectivity index (χ0n) is 17.7. The van der Waals surface area contributed by atoms with Gasteiger partial charge in [0.05, 0.1) is 0 Å². The molecule has 0 aromatic heterocycles. The van der Waals surface area contributed by atoms with E-state index >= 15 is 0 Å². The van der Waals surface area contributed by atoms with E-state index in [0.717, 1.165) is 40.9 Å². The standard InChI is InChI=1S/C23H45NS/c1-6-14-25-19(7-2)11-8-10-17(3)15-21-18(4)16-22(21)20-12-9-13-23(20)24-5/h17-24H,6-16H2,1-5H3. The minimum atomic E-state index is 0.816. The van der Waals surface area contributed by atoms with Gasteiger partial charge < -0.3 is 5.32 Å². The van der Waals surface area contributed by atoms with Crippen molar-refractivity contribution in [1.82, 2.24) is 5.32 Å². The van der Waals surface area contributed by atoms with Crippen LogP contribution in [-0.4, -0.2) is 24.1 Å². The number of nitrogens with one attached hydrogen (secondary N) is 1. The maximum absolute atomic E-state index is 3.62. The van der Waals surface area contributed by atoms with Crippen LogP contribution in [0.15, 0.2) is 0 Å². The van der Waals surface area contributed by atoms with E-state index in [4.69, 9.17) is 0 Å². The third-order valence-corrected chi connectivity index (χ3v) is 9.01. The smallest absolute Gasteiger partial charge is 0.00950 e. The van der Waals surface area contributed by atoms with Crippen LogP contribution < -0.4 is 5.32 Å². The molecular weight excluding hydrogens is 322 g/mol. The zero-order chi connectivity index (χ0) is 18.2. The molecule has 0 aromatic carbocycles. The van der Waals surface area contributed by atoms with Crippen LogP contribution in [0, 0.1) is 29.6 Å². The Morgan fingerprint density at radius 3 is 2.56 bits per heavy atom. The van der Waals surface area contributed by atoms with E-state index in [0.29, 0.717) is 0 Å². The fourth-order valence-corrected chi connectivity index (χ4v) is 6.87. The quantitative estimate of drug-likeness (QED) is 0.408. The molecule has 1 N–H and O–H groups in total. The van der Waals surface area contributed by atoms with Gasteiger partial charge in [-0.15, -0.1) is 0 Å². The van der Waals surface area contributed by atoms with Crippen molar-refractivity contribution in [2.75, 3.05) is 12.8 Å². The summed E-state index contributed by atoms with van der Waals surface area (Å²) in [4.78, 5) is 0. The monoisotopic (exact) mass is 367 g/mol. The van der Waals surface area contributed by atoms with Crippen molar-refractivity contribution >= 4 is 11.8 Å². The van der Waals surface area contributed by atoms with Crippen molar-refractivity contribution in [3.05, 3.63) is 0 Å². The maximum Gasteiger partial charge on any atom is 0.00950 e. The summed E-state index contributed by atoms with van der Waals surface area (Å²) < 4.78 is 0. The van der Waals surface area contributed by atoms with Crippen LogP contribution in [0.5, 0.6) is 0 Å². The van der Waals surface area contributed by atoms with Gasteiger partial charge in [0, 0.05) is 11.3 Å². The second-order valence-corrected chi connectivity index (χ2v) is 10.6. The maximum atomic E-state index is 3.62. The molecule has 2 rings (SSSR count). The molecular formula is C23H45NS. The summed E-state index contributed by atoms with van der Waals surface area (Å²) in [5.41, 5.74) is 0. The summed E-state index contributed by atoms with van der Waals surface area (Å²) >= 11 is 2.22. The molecule has 2 aliphatic carbocycles. The molecule has 2 fully saturated rings. The van der Waals surface area contributed by atoms with Crippen LogP contribution in [0.2, 0.25) is 0 Å². The van der Waals surface area contributed by atoms with Crippen molar-refractivity contribution in [3.63, 3.8) is 0 Å². The molecule has 2 aliphatic rings. The van der Waals surface area contributed by atoms with E-state index in [1.165, 1.54) is 70.0 Å². The van der Waals surface area contributed by atoms with Crippen LogP contribution in [0.25, 0.3) is 0 Å². The van der Waals surface area contributed by atoms with Crippen LogP contribution in [0.3, 0.4) is 0 Å². The summed E-state index contributed by atoms with van der Waals surface area (Å²) in [6, 6.07) is 0.816. The van der Waals surface area contributed by atoms with Gasteiger partial charge in [-0.1, -0.05) is 47.0 Å². The highest BCUT2D eigenvalue weighted by atomic mass is 32.2. The fourth-order valence-electron chi connectivity index (χ4n) is 5.73. The van der Waals surface area contributed by atoms with Crippen molar-refractivity contribution in [3.8, 4) is 0 Å². The molecule has 0 bridgehead atoms. The van der Waals surface area contributed by atoms with E-state index in [1.54, 1.807) is 0 Å². The molecule has 0 amide bonds. The van der Waals surface area contributed by atoms with Gasteiger partial charge in [0.25, 0.3) is 0 Å². The Morgan fingerprint density at radius 2 is 1.92 bits per heavy atom. The van der Waals surface area contributed by atoms with E-state index in [-0.39, 0.29) is 0 Å². The van der Waals surface area contributed by atoms with Gasteiger partial charge in [0.2, 0.25) is 0 Å². The molecule has 2 saturated carbocycles. The van der Waals surface area contributed by atoms with E-state index in [2.05, 4.69) is 51.8 Å². The predicted molar refractivity (Wildman–Crippen MR) is 115 cm³/mol. The Balaban J connectivity index is 1.70. The normalized spacial score (nSPS) is 34.7. The first-order valence-corrected chi connectivity index (χ1v) is 12.4. The number of hydrogen-bond donors (Lipinski definition) is 1. The third kappa shape index (κ3) is 6.16. The average molecular weight is 368 g/mol. The number of rotatable bonds is 12. The highest BCUT2D eigenvalue weighted by molar-refractivity contribution is 7.99. The van der Waals surface area contributed by atoms with E-state index in [9.17, 15) is 0 Å². The molecule has 0 radical (unpaired) electrons. The zero-order valence-corrected chi connectivity index (χ0v) is 18.5. The van der Waals surface area contributed by atoms with Gasteiger partial charge in [0.15, 0.2) is 0 Å². The third-order valence-electron chi connectivity index (χ3n) is 7.33. The van der Waals surface area contributed by atoms with E-state index < -0.39 is 0 Å². The fraction of sp³-hybridized carbons (Fsp3) is 1.00. The molecule has 148 valence electrons. The first kappa shape index (κ1) is 21.6. The van der Waals surface area contributed by atoms with Crippen LogP contribution in [-0.2, 0) is 0 Å². The first-order chi connectivity index (χ1) is 12.1. The van der Waals surface area contributed by atoms with Gasteiger partial charge in [-0.3, -0.25) is 0 Å². The molecule has 1 nitrogen and oxygen atoms in total. The lowest BCUT2D eigenvalue weighted by Gasteiger charge is -2.49. The second kappa shape index (κ2) is 11.2. The summed E-state index contributed by atoms with van der Waals surface area (Å²) in [7, 11) is 2.18. The Morgan fingerprint density at radius 1 is 1.12 bits per heavy atom. The Hall–Kier alpha value is 0.310. The molecule has 7 unspecified atom stereocenters. The van der Waals surface area contributed by atoms with Crippen LogP contribution >= 0.6 is 11.8 Å². The van der Waals surface area contributed by atoms with Gasteiger partial charge in [0.1, 0.15) is 0 Å². The summed E-state index contributed by atoms with van der Waals surface area (Å²) in [5, 5.41) is 4.53. The average Bonchev–Trinajstić information content (AvgIpc) is 3.08. The number of hydrogen-bond acceptors (Lipinski definition) is 2. The van der Waals surface area contributed by atoms with Crippen LogP contribution in [0.4, 0.5) is 0 Å². The SMILES string of the molecule is CCCSC(CC)CCCC(C)CC1C(C)CC1C1CCCC1NC. The molecule has 0 aliphatic heterocycles. The molecule has 7 atom stereocenters. The van der Waals surface area contributed by atoms with Crippen molar-refractivity contribution in [1.29, 1.82) is 0 Å². The molecule has 2 heteroatoms. The topological polar surface area (TPSA) is 12.0 Å². The van der Waals surface area contributed by atoms with Gasteiger partial charge in [-0.25, -0.2) is 0 Å². The Kier molecular flexibility index (Phi) is 9.70. The van der Waals surface area contributed by atoms with Crippen molar-refractivity contribution in [2.24, 2.45) is 29.6 Å². The van der Waals surface area contributed by atoms with Crippen LogP contribution in [0.1, 0.15) is 91.9 Å². The summed E-state index contributed by atoms with van der Waals surface area (Å²) in [5.74, 6) is 6.29. The van der Waals surface area contributed by atoms with Gasteiger partial charge in [-0.05, 0) is 87.3 Å².